The van der Waals surface area contributed by atoms with E-state index in [0.717, 1.165) is 0 Å². The number of benzene rings is 1. The Bertz CT molecular complexity index is 428. The number of nitrogens with one attached hydrogen (secondary N) is 1. The summed E-state index contributed by atoms with van der Waals surface area (Å²) in [5, 5.41) is 20.9. The van der Waals surface area contributed by atoms with Gasteiger partial charge in [-0.25, -0.2) is 0 Å². The molecule has 76 valence electrons. The van der Waals surface area contributed by atoms with Gasteiger partial charge in [-0.3, -0.25) is 0 Å². The summed E-state index contributed by atoms with van der Waals surface area (Å²) in [7, 11) is 0. The first-order valence-electron chi connectivity index (χ1n) is 4.57. The van der Waals surface area contributed by atoms with Gasteiger partial charge in [0, 0.05) is 0 Å². The second-order valence-corrected chi connectivity index (χ2v) is 3.45. The number of nitriles is 2. The van der Waals surface area contributed by atoms with Crippen LogP contribution in [0.5, 0.6) is 0 Å². The molecule has 0 aliphatic carbocycles. The third kappa shape index (κ3) is 2.87. The van der Waals surface area contributed by atoms with Crippen LogP contribution in [-0.2, 0) is 0 Å². The standard InChI is InChI=1S/C11H10ClN3/c1-2-9(7-14)15-11-4-3-8(6-13)5-10(11)12/h3-5,9,15H,2H2,1H3. The summed E-state index contributed by atoms with van der Waals surface area (Å²) < 4.78 is 0. The minimum Gasteiger partial charge on any atom is -0.369 e. The minimum atomic E-state index is -0.254. The number of halogens is 1. The van der Waals surface area contributed by atoms with Crippen LogP contribution < -0.4 is 5.32 Å². The quantitative estimate of drug-likeness (QED) is 0.850. The largest absolute Gasteiger partial charge is 0.369 e. The molecule has 0 radical (unpaired) electrons. The van der Waals surface area contributed by atoms with Gasteiger partial charge < -0.3 is 5.32 Å². The SMILES string of the molecule is CCC(C#N)Nc1ccc(C#N)cc1Cl. The third-order valence-corrected chi connectivity index (χ3v) is 2.30. The Morgan fingerprint density at radius 3 is 2.67 bits per heavy atom. The van der Waals surface area contributed by atoms with Gasteiger partial charge >= 0.3 is 0 Å². The van der Waals surface area contributed by atoms with Crippen LogP contribution in [-0.4, -0.2) is 6.04 Å². The van der Waals surface area contributed by atoms with Crippen molar-refractivity contribution in [3.63, 3.8) is 0 Å². The molecule has 0 amide bonds. The van der Waals surface area contributed by atoms with Crippen LogP contribution in [0.3, 0.4) is 0 Å². The first kappa shape index (κ1) is 11.4. The minimum absolute atomic E-state index is 0.254. The molecule has 1 aromatic carbocycles. The van der Waals surface area contributed by atoms with Crippen molar-refractivity contribution >= 4 is 17.3 Å². The highest BCUT2D eigenvalue weighted by Gasteiger charge is 2.07. The summed E-state index contributed by atoms with van der Waals surface area (Å²) in [4.78, 5) is 0. The first-order chi connectivity index (χ1) is 7.21. The van der Waals surface area contributed by atoms with E-state index in [4.69, 9.17) is 22.1 Å². The Labute approximate surface area is 93.9 Å². The van der Waals surface area contributed by atoms with Crippen LogP contribution in [0.25, 0.3) is 0 Å². The molecular weight excluding hydrogens is 210 g/mol. The van der Waals surface area contributed by atoms with Crippen molar-refractivity contribution in [2.24, 2.45) is 0 Å². The fourth-order valence-electron chi connectivity index (χ4n) is 1.12. The molecule has 1 N–H and O–H groups in total. The maximum absolute atomic E-state index is 8.77. The van der Waals surface area contributed by atoms with Gasteiger partial charge in [-0.1, -0.05) is 18.5 Å². The van der Waals surface area contributed by atoms with E-state index in [0.29, 0.717) is 22.7 Å². The molecule has 0 spiro atoms. The van der Waals surface area contributed by atoms with Gasteiger partial charge in [0.2, 0.25) is 0 Å². The number of anilines is 1. The Balaban J connectivity index is 2.89. The molecule has 3 nitrogen and oxygen atoms in total. The van der Waals surface area contributed by atoms with Crippen molar-refractivity contribution in [1.82, 2.24) is 0 Å². The Kier molecular flexibility index (Phi) is 3.97. The van der Waals surface area contributed by atoms with Crippen molar-refractivity contribution < 1.29 is 0 Å². The second-order valence-electron chi connectivity index (χ2n) is 3.04. The number of nitrogens with zero attached hydrogens (tertiary/aromatic N) is 2. The molecule has 1 aromatic rings. The van der Waals surface area contributed by atoms with E-state index in [1.54, 1.807) is 18.2 Å². The van der Waals surface area contributed by atoms with E-state index in [2.05, 4.69) is 11.4 Å². The van der Waals surface area contributed by atoms with Crippen LogP contribution in [0.2, 0.25) is 5.02 Å². The molecule has 0 fully saturated rings. The summed E-state index contributed by atoms with van der Waals surface area (Å²) in [6.07, 6.45) is 0.701. The van der Waals surface area contributed by atoms with Crippen LogP contribution in [0, 0.1) is 22.7 Å². The highest BCUT2D eigenvalue weighted by molar-refractivity contribution is 6.33. The lowest BCUT2D eigenvalue weighted by Gasteiger charge is -2.11. The second kappa shape index (κ2) is 5.24. The lowest BCUT2D eigenvalue weighted by atomic mass is 10.2. The molecule has 1 rings (SSSR count). The van der Waals surface area contributed by atoms with Crippen molar-refractivity contribution in [2.45, 2.75) is 19.4 Å². The Hall–Kier alpha value is -1.71. The van der Waals surface area contributed by atoms with Gasteiger partial charge in [0.1, 0.15) is 6.04 Å². The van der Waals surface area contributed by atoms with Crippen molar-refractivity contribution in [3.05, 3.63) is 28.8 Å². The first-order valence-corrected chi connectivity index (χ1v) is 4.94. The van der Waals surface area contributed by atoms with Crippen LogP contribution >= 0.6 is 11.6 Å². The Morgan fingerprint density at radius 1 is 1.47 bits per heavy atom. The molecule has 0 aliphatic heterocycles. The number of hydrogen-bond donors (Lipinski definition) is 1. The van der Waals surface area contributed by atoms with Gasteiger partial charge in [0.15, 0.2) is 0 Å². The highest BCUT2D eigenvalue weighted by atomic mass is 35.5. The Morgan fingerprint density at radius 2 is 2.20 bits per heavy atom. The van der Waals surface area contributed by atoms with E-state index >= 15 is 0 Å². The molecule has 1 unspecified atom stereocenters. The molecule has 0 aliphatic rings. The predicted octanol–water partition coefficient (Wildman–Crippen LogP) is 2.93. The molecule has 1 atom stereocenters. The summed E-state index contributed by atoms with van der Waals surface area (Å²) in [5.74, 6) is 0. The summed E-state index contributed by atoms with van der Waals surface area (Å²) in [6.45, 7) is 1.92. The molecule has 0 saturated heterocycles. The lowest BCUT2D eigenvalue weighted by molar-refractivity contribution is 0.845. The number of rotatable bonds is 3. The molecule has 0 aromatic heterocycles. The molecule has 15 heavy (non-hydrogen) atoms. The normalized spacial score (nSPS) is 11.2. The van der Waals surface area contributed by atoms with Gasteiger partial charge in [0.25, 0.3) is 0 Å². The maximum Gasteiger partial charge on any atom is 0.114 e. The highest BCUT2D eigenvalue weighted by Crippen LogP contribution is 2.23. The summed E-state index contributed by atoms with van der Waals surface area (Å²) >= 11 is 5.94. The molecular formula is C11H10ClN3. The summed E-state index contributed by atoms with van der Waals surface area (Å²) in [5.41, 5.74) is 1.19. The lowest BCUT2D eigenvalue weighted by Crippen LogP contribution is -2.15. The molecule has 0 saturated carbocycles. The fraction of sp³-hybridized carbons (Fsp3) is 0.273. The smallest absolute Gasteiger partial charge is 0.114 e. The van der Waals surface area contributed by atoms with Crippen LogP contribution in [0.4, 0.5) is 5.69 Å². The third-order valence-electron chi connectivity index (χ3n) is 1.99. The number of hydrogen-bond acceptors (Lipinski definition) is 3. The van der Waals surface area contributed by atoms with Crippen molar-refractivity contribution in [3.8, 4) is 12.1 Å². The average molecular weight is 220 g/mol. The van der Waals surface area contributed by atoms with Crippen molar-refractivity contribution in [2.75, 3.05) is 5.32 Å². The zero-order valence-corrected chi connectivity index (χ0v) is 9.04. The van der Waals surface area contributed by atoms with Crippen LogP contribution in [0.1, 0.15) is 18.9 Å². The van der Waals surface area contributed by atoms with Gasteiger partial charge in [-0.05, 0) is 24.6 Å². The summed E-state index contributed by atoms with van der Waals surface area (Å²) in [6, 6.07) is 8.82. The maximum atomic E-state index is 8.77. The van der Waals surface area contributed by atoms with E-state index in [1.165, 1.54) is 0 Å². The van der Waals surface area contributed by atoms with Crippen LogP contribution in [0.15, 0.2) is 18.2 Å². The van der Waals surface area contributed by atoms with E-state index in [9.17, 15) is 0 Å². The molecule has 4 heteroatoms. The monoisotopic (exact) mass is 219 g/mol. The molecule has 0 heterocycles. The predicted molar refractivity (Wildman–Crippen MR) is 59.5 cm³/mol. The van der Waals surface area contributed by atoms with E-state index < -0.39 is 0 Å². The topological polar surface area (TPSA) is 59.6 Å². The van der Waals surface area contributed by atoms with Gasteiger partial charge in [-0.2, -0.15) is 10.5 Å². The van der Waals surface area contributed by atoms with Gasteiger partial charge in [0.05, 0.1) is 28.4 Å². The van der Waals surface area contributed by atoms with Gasteiger partial charge in [-0.15, -0.1) is 0 Å². The van der Waals surface area contributed by atoms with E-state index in [1.807, 2.05) is 13.0 Å². The fourth-order valence-corrected chi connectivity index (χ4v) is 1.35. The van der Waals surface area contributed by atoms with E-state index in [-0.39, 0.29) is 6.04 Å². The van der Waals surface area contributed by atoms with Crippen molar-refractivity contribution in [1.29, 1.82) is 10.5 Å². The zero-order chi connectivity index (χ0) is 11.3. The zero-order valence-electron chi connectivity index (χ0n) is 8.29. The molecule has 0 bridgehead atoms. The average Bonchev–Trinajstić information content (AvgIpc) is 2.27.